The molecular formula is C13H21N3O2. The summed E-state index contributed by atoms with van der Waals surface area (Å²) >= 11 is 0. The van der Waals surface area contributed by atoms with Crippen molar-refractivity contribution < 1.29 is 9.26 Å². The van der Waals surface area contributed by atoms with Gasteiger partial charge in [0.05, 0.1) is 18.1 Å². The fourth-order valence-electron chi connectivity index (χ4n) is 2.92. The fourth-order valence-corrected chi connectivity index (χ4v) is 2.92. The molecule has 3 rings (SSSR count). The maximum Gasteiger partial charge on any atom is 0.232 e. The summed E-state index contributed by atoms with van der Waals surface area (Å²) in [5.74, 6) is 1.67. The van der Waals surface area contributed by atoms with Crippen molar-refractivity contribution >= 4 is 0 Å². The summed E-state index contributed by atoms with van der Waals surface area (Å²) in [7, 11) is 0. The zero-order valence-corrected chi connectivity index (χ0v) is 10.7. The van der Waals surface area contributed by atoms with Crippen LogP contribution in [0.25, 0.3) is 0 Å². The molecule has 1 unspecified atom stereocenters. The summed E-state index contributed by atoms with van der Waals surface area (Å²) in [4.78, 5) is 4.55. The van der Waals surface area contributed by atoms with Crippen molar-refractivity contribution in [2.75, 3.05) is 13.2 Å². The van der Waals surface area contributed by atoms with Gasteiger partial charge in [-0.15, -0.1) is 0 Å². The highest BCUT2D eigenvalue weighted by Gasteiger charge is 2.34. The van der Waals surface area contributed by atoms with Gasteiger partial charge in [0.25, 0.3) is 0 Å². The highest BCUT2D eigenvalue weighted by atomic mass is 16.5. The van der Waals surface area contributed by atoms with Crippen LogP contribution in [0.4, 0.5) is 0 Å². The van der Waals surface area contributed by atoms with Crippen LogP contribution in [-0.2, 0) is 10.3 Å². The van der Waals surface area contributed by atoms with Gasteiger partial charge in [0.2, 0.25) is 5.89 Å². The molecule has 0 bridgehead atoms. The molecule has 2 N–H and O–H groups in total. The quantitative estimate of drug-likeness (QED) is 0.814. The first-order chi connectivity index (χ1) is 8.78. The minimum Gasteiger partial charge on any atom is -0.381 e. The first kappa shape index (κ1) is 12.1. The second kappa shape index (κ2) is 4.97. The van der Waals surface area contributed by atoms with Crippen LogP contribution < -0.4 is 5.73 Å². The highest BCUT2D eigenvalue weighted by Crippen LogP contribution is 2.33. The van der Waals surface area contributed by atoms with Crippen molar-refractivity contribution in [3.63, 3.8) is 0 Å². The van der Waals surface area contributed by atoms with Crippen molar-refractivity contribution in [3.05, 3.63) is 11.7 Å². The first-order valence-electron chi connectivity index (χ1n) is 6.99. The van der Waals surface area contributed by atoms with E-state index < -0.39 is 0 Å². The normalized spacial score (nSPS) is 28.2. The van der Waals surface area contributed by atoms with E-state index in [2.05, 4.69) is 10.1 Å². The number of nitrogens with two attached hydrogens (primary N) is 1. The molecule has 0 aromatic carbocycles. The van der Waals surface area contributed by atoms with E-state index in [0.717, 1.165) is 38.7 Å². The Balaban J connectivity index is 1.78. The van der Waals surface area contributed by atoms with Crippen LogP contribution >= 0.6 is 0 Å². The van der Waals surface area contributed by atoms with Gasteiger partial charge in [-0.05, 0) is 19.3 Å². The predicted octanol–water partition coefficient (Wildman–Crippen LogP) is 2.08. The first-order valence-corrected chi connectivity index (χ1v) is 6.99. The number of rotatable bonds is 2. The number of aromatic nitrogens is 2. The minimum atomic E-state index is -0.377. The Bertz CT molecular complexity index is 391. The van der Waals surface area contributed by atoms with Gasteiger partial charge in [0.1, 0.15) is 0 Å². The SMILES string of the molecule is NC1(c2noc(C3CCOC3)n2)CCCCCC1. The van der Waals surface area contributed by atoms with Crippen molar-refractivity contribution in [2.24, 2.45) is 5.73 Å². The molecule has 1 aromatic rings. The largest absolute Gasteiger partial charge is 0.381 e. The molecule has 5 heteroatoms. The molecule has 5 nitrogen and oxygen atoms in total. The molecule has 1 aliphatic heterocycles. The molecule has 0 spiro atoms. The van der Waals surface area contributed by atoms with E-state index >= 15 is 0 Å². The average molecular weight is 251 g/mol. The van der Waals surface area contributed by atoms with Crippen molar-refractivity contribution in [2.45, 2.75) is 56.4 Å². The van der Waals surface area contributed by atoms with Crippen LogP contribution in [0, 0.1) is 0 Å². The lowest BCUT2D eigenvalue weighted by Crippen LogP contribution is -2.37. The zero-order chi connectivity index (χ0) is 12.4. The molecule has 1 aliphatic carbocycles. The van der Waals surface area contributed by atoms with Gasteiger partial charge >= 0.3 is 0 Å². The Morgan fingerprint density at radius 3 is 2.61 bits per heavy atom. The summed E-state index contributed by atoms with van der Waals surface area (Å²) in [6.45, 7) is 1.48. The van der Waals surface area contributed by atoms with E-state index in [-0.39, 0.29) is 11.5 Å². The number of nitrogens with zero attached hydrogens (tertiary/aromatic N) is 2. The average Bonchev–Trinajstić information content (AvgIpc) is 3.00. The Labute approximate surface area is 107 Å². The lowest BCUT2D eigenvalue weighted by atomic mass is 9.91. The van der Waals surface area contributed by atoms with Gasteiger partial charge < -0.3 is 15.0 Å². The van der Waals surface area contributed by atoms with Gasteiger partial charge in [-0.25, -0.2) is 0 Å². The van der Waals surface area contributed by atoms with E-state index in [0.29, 0.717) is 18.3 Å². The van der Waals surface area contributed by atoms with Gasteiger partial charge in [-0.1, -0.05) is 30.8 Å². The number of hydrogen-bond acceptors (Lipinski definition) is 5. The summed E-state index contributed by atoms with van der Waals surface area (Å²) in [6.07, 6.45) is 7.75. The molecule has 18 heavy (non-hydrogen) atoms. The Kier molecular flexibility index (Phi) is 3.35. The lowest BCUT2D eigenvalue weighted by Gasteiger charge is -2.23. The topological polar surface area (TPSA) is 74.2 Å². The molecule has 0 amide bonds. The molecule has 1 atom stereocenters. The van der Waals surface area contributed by atoms with Crippen molar-refractivity contribution in [3.8, 4) is 0 Å². The van der Waals surface area contributed by atoms with Crippen LogP contribution in [0.15, 0.2) is 4.52 Å². The molecule has 1 aromatic heterocycles. The van der Waals surface area contributed by atoms with Crippen LogP contribution in [-0.4, -0.2) is 23.4 Å². The summed E-state index contributed by atoms with van der Waals surface area (Å²) in [5.41, 5.74) is 6.10. The second-order valence-corrected chi connectivity index (χ2v) is 5.59. The third kappa shape index (κ3) is 2.29. The molecule has 0 radical (unpaired) electrons. The van der Waals surface area contributed by atoms with E-state index in [4.69, 9.17) is 15.0 Å². The molecule has 2 heterocycles. The number of ether oxygens (including phenoxy) is 1. The van der Waals surface area contributed by atoms with Crippen LogP contribution in [0.3, 0.4) is 0 Å². The van der Waals surface area contributed by atoms with E-state index in [1.54, 1.807) is 0 Å². The van der Waals surface area contributed by atoms with Gasteiger partial charge in [0.15, 0.2) is 5.82 Å². The zero-order valence-electron chi connectivity index (χ0n) is 10.7. The molecule has 100 valence electrons. The molecule has 1 saturated heterocycles. The van der Waals surface area contributed by atoms with E-state index in [1.165, 1.54) is 12.8 Å². The van der Waals surface area contributed by atoms with Gasteiger partial charge in [0, 0.05) is 6.61 Å². The maximum atomic E-state index is 6.48. The second-order valence-electron chi connectivity index (χ2n) is 5.59. The smallest absolute Gasteiger partial charge is 0.232 e. The predicted molar refractivity (Wildman–Crippen MR) is 66.0 cm³/mol. The molecule has 1 saturated carbocycles. The summed E-state index contributed by atoms with van der Waals surface area (Å²) in [6, 6.07) is 0. The van der Waals surface area contributed by atoms with E-state index in [9.17, 15) is 0 Å². The molecular weight excluding hydrogens is 230 g/mol. The standard InChI is InChI=1S/C13H21N3O2/c14-13(6-3-1-2-4-7-13)12-15-11(18-16-12)10-5-8-17-9-10/h10H,1-9,14H2. The third-order valence-corrected chi connectivity index (χ3v) is 4.16. The van der Waals surface area contributed by atoms with Crippen LogP contribution in [0.2, 0.25) is 0 Å². The monoisotopic (exact) mass is 251 g/mol. The van der Waals surface area contributed by atoms with E-state index in [1.807, 2.05) is 0 Å². The highest BCUT2D eigenvalue weighted by molar-refractivity contribution is 5.07. The lowest BCUT2D eigenvalue weighted by molar-refractivity contribution is 0.189. The van der Waals surface area contributed by atoms with Gasteiger partial charge in [-0.3, -0.25) is 0 Å². The Morgan fingerprint density at radius 1 is 1.17 bits per heavy atom. The van der Waals surface area contributed by atoms with Crippen LogP contribution in [0.5, 0.6) is 0 Å². The fraction of sp³-hybridized carbons (Fsp3) is 0.846. The molecule has 2 fully saturated rings. The minimum absolute atomic E-state index is 0.264. The van der Waals surface area contributed by atoms with Gasteiger partial charge in [-0.2, -0.15) is 4.98 Å². The molecule has 2 aliphatic rings. The number of hydrogen-bond donors (Lipinski definition) is 1. The Hall–Kier alpha value is -0.940. The Morgan fingerprint density at radius 2 is 1.94 bits per heavy atom. The summed E-state index contributed by atoms with van der Waals surface area (Å²) in [5, 5.41) is 4.13. The third-order valence-electron chi connectivity index (χ3n) is 4.16. The van der Waals surface area contributed by atoms with Crippen molar-refractivity contribution in [1.82, 2.24) is 10.1 Å². The van der Waals surface area contributed by atoms with Crippen LogP contribution in [0.1, 0.15) is 62.6 Å². The van der Waals surface area contributed by atoms with Crippen molar-refractivity contribution in [1.29, 1.82) is 0 Å². The maximum absolute atomic E-state index is 6.48. The summed E-state index contributed by atoms with van der Waals surface area (Å²) < 4.78 is 10.7.